The second-order valence-electron chi connectivity index (χ2n) is 6.05. The standard InChI is InChI=1S/C17H21FN2O3/c1-19-15(21)7-6-13(17(22)20-8-10-23-11-9-20)16(19)12-4-2-3-5-14(12)18/h2-5,13,16H,6-11H2,1H3/t13-,16+/m0/s1. The molecule has 0 saturated carbocycles. The maximum Gasteiger partial charge on any atom is 0.228 e. The van der Waals surface area contributed by atoms with Gasteiger partial charge in [0.1, 0.15) is 5.82 Å². The highest BCUT2D eigenvalue weighted by atomic mass is 19.1. The van der Waals surface area contributed by atoms with E-state index >= 15 is 0 Å². The summed E-state index contributed by atoms with van der Waals surface area (Å²) in [5, 5.41) is 0. The van der Waals surface area contributed by atoms with Gasteiger partial charge in [-0.1, -0.05) is 18.2 Å². The third-order valence-electron chi connectivity index (χ3n) is 4.72. The average Bonchev–Trinajstić information content (AvgIpc) is 2.58. The smallest absolute Gasteiger partial charge is 0.228 e. The largest absolute Gasteiger partial charge is 0.378 e. The van der Waals surface area contributed by atoms with Gasteiger partial charge in [-0.2, -0.15) is 0 Å². The van der Waals surface area contributed by atoms with Crippen LogP contribution in [-0.2, 0) is 14.3 Å². The predicted molar refractivity (Wildman–Crippen MR) is 82.0 cm³/mol. The van der Waals surface area contributed by atoms with Crippen molar-refractivity contribution < 1.29 is 18.7 Å². The van der Waals surface area contributed by atoms with E-state index < -0.39 is 12.0 Å². The number of benzene rings is 1. The fraction of sp³-hybridized carbons (Fsp3) is 0.529. The molecule has 0 bridgehead atoms. The van der Waals surface area contributed by atoms with Crippen molar-refractivity contribution in [3.8, 4) is 0 Å². The highest BCUT2D eigenvalue weighted by Crippen LogP contribution is 2.38. The zero-order valence-electron chi connectivity index (χ0n) is 13.2. The van der Waals surface area contributed by atoms with Crippen molar-refractivity contribution in [1.82, 2.24) is 9.80 Å². The Morgan fingerprint density at radius 3 is 2.65 bits per heavy atom. The van der Waals surface area contributed by atoms with Crippen LogP contribution in [0.4, 0.5) is 4.39 Å². The van der Waals surface area contributed by atoms with E-state index in [0.717, 1.165) is 0 Å². The van der Waals surface area contributed by atoms with Crippen molar-refractivity contribution in [2.45, 2.75) is 18.9 Å². The first-order valence-corrected chi connectivity index (χ1v) is 7.96. The number of carbonyl (C=O) groups is 2. The SMILES string of the molecule is CN1C(=O)CC[C@H](C(=O)N2CCOCC2)[C@H]1c1ccccc1F. The molecule has 2 aliphatic heterocycles. The van der Waals surface area contributed by atoms with Crippen molar-refractivity contribution in [2.75, 3.05) is 33.4 Å². The minimum Gasteiger partial charge on any atom is -0.378 e. The number of hydrogen-bond donors (Lipinski definition) is 0. The van der Waals surface area contributed by atoms with Crippen LogP contribution in [0, 0.1) is 11.7 Å². The summed E-state index contributed by atoms with van der Waals surface area (Å²) in [5.41, 5.74) is 0.412. The molecule has 2 atom stereocenters. The lowest BCUT2D eigenvalue weighted by Gasteiger charge is -2.41. The van der Waals surface area contributed by atoms with E-state index in [1.807, 2.05) is 0 Å². The van der Waals surface area contributed by atoms with E-state index in [1.54, 1.807) is 30.1 Å². The second kappa shape index (κ2) is 6.66. The van der Waals surface area contributed by atoms with Crippen LogP contribution in [0.5, 0.6) is 0 Å². The van der Waals surface area contributed by atoms with Gasteiger partial charge in [0, 0.05) is 32.1 Å². The molecule has 124 valence electrons. The van der Waals surface area contributed by atoms with Gasteiger partial charge in [-0.25, -0.2) is 4.39 Å². The van der Waals surface area contributed by atoms with E-state index in [4.69, 9.17) is 4.74 Å². The number of halogens is 1. The summed E-state index contributed by atoms with van der Waals surface area (Å²) in [5.74, 6) is -0.850. The van der Waals surface area contributed by atoms with Crippen molar-refractivity contribution in [3.05, 3.63) is 35.6 Å². The Morgan fingerprint density at radius 2 is 1.96 bits per heavy atom. The van der Waals surface area contributed by atoms with E-state index in [0.29, 0.717) is 44.7 Å². The number of hydrogen-bond acceptors (Lipinski definition) is 3. The first kappa shape index (κ1) is 15.9. The van der Waals surface area contributed by atoms with E-state index in [2.05, 4.69) is 0 Å². The Hall–Kier alpha value is -1.95. The first-order chi connectivity index (χ1) is 11.1. The molecule has 2 amide bonds. The van der Waals surface area contributed by atoms with Gasteiger partial charge in [0.25, 0.3) is 0 Å². The number of nitrogens with zero attached hydrogens (tertiary/aromatic N) is 2. The quantitative estimate of drug-likeness (QED) is 0.831. The van der Waals surface area contributed by atoms with Crippen molar-refractivity contribution >= 4 is 11.8 Å². The van der Waals surface area contributed by atoms with E-state index in [-0.39, 0.29) is 17.6 Å². The van der Waals surface area contributed by atoms with Gasteiger partial charge in [-0.3, -0.25) is 9.59 Å². The molecule has 5 nitrogen and oxygen atoms in total. The maximum atomic E-state index is 14.3. The molecular weight excluding hydrogens is 299 g/mol. The van der Waals surface area contributed by atoms with Crippen molar-refractivity contribution in [3.63, 3.8) is 0 Å². The van der Waals surface area contributed by atoms with Crippen LogP contribution in [-0.4, -0.2) is 55.0 Å². The van der Waals surface area contributed by atoms with Crippen molar-refractivity contribution in [2.24, 2.45) is 5.92 Å². The summed E-state index contributed by atoms with van der Waals surface area (Å²) < 4.78 is 19.6. The summed E-state index contributed by atoms with van der Waals surface area (Å²) in [6.45, 7) is 2.16. The molecule has 0 aromatic heterocycles. The highest BCUT2D eigenvalue weighted by molar-refractivity contribution is 5.85. The van der Waals surface area contributed by atoms with Crippen LogP contribution in [0.2, 0.25) is 0 Å². The molecular formula is C17H21FN2O3. The predicted octanol–water partition coefficient (Wildman–Crippen LogP) is 1.59. The average molecular weight is 320 g/mol. The van der Waals surface area contributed by atoms with Gasteiger partial charge >= 0.3 is 0 Å². The second-order valence-corrected chi connectivity index (χ2v) is 6.05. The monoisotopic (exact) mass is 320 g/mol. The summed E-state index contributed by atoms with van der Waals surface area (Å²) >= 11 is 0. The van der Waals surface area contributed by atoms with Gasteiger partial charge in [-0.05, 0) is 12.5 Å². The Bertz CT molecular complexity index is 601. The molecule has 0 N–H and O–H groups in total. The Kier molecular flexibility index (Phi) is 4.61. The minimum absolute atomic E-state index is 0.0131. The topological polar surface area (TPSA) is 49.9 Å². The first-order valence-electron chi connectivity index (χ1n) is 7.96. The van der Waals surface area contributed by atoms with Crippen molar-refractivity contribution in [1.29, 1.82) is 0 Å². The number of amides is 2. The number of carbonyl (C=O) groups excluding carboxylic acids is 2. The lowest BCUT2D eigenvalue weighted by Crippen LogP contribution is -2.50. The van der Waals surface area contributed by atoms with Crippen LogP contribution in [0.25, 0.3) is 0 Å². The minimum atomic E-state index is -0.548. The molecule has 2 fully saturated rings. The fourth-order valence-corrected chi connectivity index (χ4v) is 3.46. The van der Waals surface area contributed by atoms with Crippen LogP contribution >= 0.6 is 0 Å². The number of rotatable bonds is 2. The van der Waals surface area contributed by atoms with Crippen LogP contribution in [0.3, 0.4) is 0 Å². The number of ether oxygens (including phenoxy) is 1. The van der Waals surface area contributed by atoms with Gasteiger partial charge in [0.05, 0.1) is 25.2 Å². The van der Waals surface area contributed by atoms with Gasteiger partial charge in [0.15, 0.2) is 0 Å². The number of morpholine rings is 1. The molecule has 0 aliphatic carbocycles. The summed E-state index contributed by atoms with van der Waals surface area (Å²) in [7, 11) is 1.65. The Morgan fingerprint density at radius 1 is 1.26 bits per heavy atom. The van der Waals surface area contributed by atoms with Gasteiger partial charge < -0.3 is 14.5 Å². The molecule has 6 heteroatoms. The highest BCUT2D eigenvalue weighted by Gasteiger charge is 2.41. The fourth-order valence-electron chi connectivity index (χ4n) is 3.46. The van der Waals surface area contributed by atoms with Gasteiger partial charge in [-0.15, -0.1) is 0 Å². The van der Waals surface area contributed by atoms with E-state index in [9.17, 15) is 14.0 Å². The molecule has 1 aromatic carbocycles. The number of likely N-dealkylation sites (tertiary alicyclic amines) is 1. The lowest BCUT2D eigenvalue weighted by molar-refractivity contribution is -0.149. The molecule has 23 heavy (non-hydrogen) atoms. The molecule has 2 saturated heterocycles. The summed E-state index contributed by atoms with van der Waals surface area (Å²) in [4.78, 5) is 28.3. The molecule has 2 heterocycles. The van der Waals surface area contributed by atoms with Crippen LogP contribution in [0.15, 0.2) is 24.3 Å². The lowest BCUT2D eigenvalue weighted by atomic mass is 9.83. The van der Waals surface area contributed by atoms with Crippen LogP contribution < -0.4 is 0 Å². The third kappa shape index (κ3) is 3.08. The molecule has 0 spiro atoms. The number of piperidine rings is 1. The zero-order chi connectivity index (χ0) is 16.4. The molecule has 0 unspecified atom stereocenters. The van der Waals surface area contributed by atoms with E-state index in [1.165, 1.54) is 11.0 Å². The molecule has 1 aromatic rings. The Balaban J connectivity index is 1.91. The summed E-state index contributed by atoms with van der Waals surface area (Å²) in [6.07, 6.45) is 0.778. The Labute approximate surface area is 135 Å². The van der Waals surface area contributed by atoms with Crippen LogP contribution in [0.1, 0.15) is 24.4 Å². The zero-order valence-corrected chi connectivity index (χ0v) is 13.2. The molecule has 0 radical (unpaired) electrons. The normalized spacial score (nSPS) is 25.6. The summed E-state index contributed by atoms with van der Waals surface area (Å²) in [6, 6.07) is 5.84. The van der Waals surface area contributed by atoms with Gasteiger partial charge in [0.2, 0.25) is 11.8 Å². The molecule has 3 rings (SSSR count). The molecule has 2 aliphatic rings. The maximum absolute atomic E-state index is 14.3. The third-order valence-corrected chi connectivity index (χ3v) is 4.72.